The molecule has 1 aromatic carbocycles. The number of benzene rings is 1. The number of hydrogen-bond donors (Lipinski definition) is 2. The molecule has 0 fully saturated rings. The van der Waals surface area contributed by atoms with Gasteiger partial charge in [0.05, 0.1) is 0 Å². The zero-order valence-electron chi connectivity index (χ0n) is 12.9. The van der Waals surface area contributed by atoms with Crippen LogP contribution < -0.4 is 10.6 Å². The Balaban J connectivity index is 1.61. The summed E-state index contributed by atoms with van der Waals surface area (Å²) in [6, 6.07) is 9.91. The normalized spacial score (nSPS) is 10.3. The van der Waals surface area contributed by atoms with Gasteiger partial charge in [0, 0.05) is 30.7 Å². The first kappa shape index (κ1) is 16.4. The third-order valence-electron chi connectivity index (χ3n) is 3.27. The molecule has 0 bridgehead atoms. The molecule has 6 nitrogen and oxygen atoms in total. The number of amides is 1. The zero-order valence-corrected chi connectivity index (χ0v) is 12.9. The van der Waals surface area contributed by atoms with Crippen molar-refractivity contribution in [1.82, 2.24) is 15.2 Å². The van der Waals surface area contributed by atoms with Gasteiger partial charge in [0.2, 0.25) is 0 Å². The molecule has 0 saturated heterocycles. The van der Waals surface area contributed by atoms with Gasteiger partial charge in [0.25, 0.3) is 5.91 Å². The van der Waals surface area contributed by atoms with Crippen molar-refractivity contribution in [2.45, 2.75) is 6.54 Å². The molecule has 3 aromatic rings. The fraction of sp³-hybridized carbons (Fsp3) is 0.0588. The number of pyridine rings is 1. The molecule has 0 aliphatic rings. The average Bonchev–Trinajstić information content (AvgIpc) is 2.64. The van der Waals surface area contributed by atoms with Gasteiger partial charge in [-0.25, -0.2) is 8.78 Å². The Hall–Kier alpha value is -3.42. The second kappa shape index (κ2) is 7.43. The lowest BCUT2D eigenvalue weighted by Gasteiger charge is -2.07. The van der Waals surface area contributed by atoms with Crippen molar-refractivity contribution >= 4 is 17.4 Å². The number of rotatable bonds is 5. The van der Waals surface area contributed by atoms with Crippen LogP contribution in [0, 0.1) is 11.6 Å². The maximum Gasteiger partial charge on any atom is 0.276 e. The average molecular weight is 341 g/mol. The highest BCUT2D eigenvalue weighted by Crippen LogP contribution is 2.14. The van der Waals surface area contributed by atoms with Crippen molar-refractivity contribution in [3.63, 3.8) is 0 Å². The number of nitrogens with zero attached hydrogens (tertiary/aromatic N) is 3. The summed E-state index contributed by atoms with van der Waals surface area (Å²) >= 11 is 0. The molecule has 0 radical (unpaired) electrons. The SMILES string of the molecule is O=C(Nc1ccc(F)c(F)c1)c1ccc(NCc2cccnc2)nn1. The molecule has 3 rings (SSSR count). The van der Waals surface area contributed by atoms with E-state index in [1.165, 1.54) is 12.1 Å². The van der Waals surface area contributed by atoms with E-state index >= 15 is 0 Å². The van der Waals surface area contributed by atoms with Crippen LogP contribution in [-0.2, 0) is 6.54 Å². The summed E-state index contributed by atoms with van der Waals surface area (Å²) in [5.74, 6) is -2.11. The van der Waals surface area contributed by atoms with E-state index in [9.17, 15) is 13.6 Å². The Bertz CT molecular complexity index is 872. The molecular formula is C17H13F2N5O. The van der Waals surface area contributed by atoms with E-state index in [2.05, 4.69) is 25.8 Å². The molecule has 0 atom stereocenters. The quantitative estimate of drug-likeness (QED) is 0.746. The lowest BCUT2D eigenvalue weighted by molar-refractivity contribution is 0.102. The third-order valence-corrected chi connectivity index (χ3v) is 3.27. The van der Waals surface area contributed by atoms with Crippen LogP contribution in [0.2, 0.25) is 0 Å². The van der Waals surface area contributed by atoms with Crippen molar-refractivity contribution in [2.75, 3.05) is 10.6 Å². The molecule has 8 heteroatoms. The topological polar surface area (TPSA) is 79.8 Å². The Morgan fingerprint density at radius 3 is 2.60 bits per heavy atom. The molecule has 2 N–H and O–H groups in total. The van der Waals surface area contributed by atoms with Crippen LogP contribution in [0.5, 0.6) is 0 Å². The molecular weight excluding hydrogens is 328 g/mol. The Labute approximate surface area is 141 Å². The number of halogens is 2. The van der Waals surface area contributed by atoms with E-state index in [-0.39, 0.29) is 11.4 Å². The Morgan fingerprint density at radius 2 is 1.92 bits per heavy atom. The van der Waals surface area contributed by atoms with Crippen molar-refractivity contribution in [2.24, 2.45) is 0 Å². The smallest absolute Gasteiger partial charge is 0.276 e. The van der Waals surface area contributed by atoms with Crippen molar-refractivity contribution in [3.05, 3.63) is 77.8 Å². The highest BCUT2D eigenvalue weighted by atomic mass is 19.2. The fourth-order valence-corrected chi connectivity index (χ4v) is 2.01. The van der Waals surface area contributed by atoms with Crippen LogP contribution in [0.3, 0.4) is 0 Å². The minimum atomic E-state index is -1.04. The molecule has 0 unspecified atom stereocenters. The van der Waals surface area contributed by atoms with Gasteiger partial charge in [-0.2, -0.15) is 0 Å². The third kappa shape index (κ3) is 4.31. The second-order valence-electron chi connectivity index (χ2n) is 5.10. The lowest BCUT2D eigenvalue weighted by atomic mass is 10.2. The standard InChI is InChI=1S/C17H13F2N5O/c18-13-4-3-12(8-14(13)19)22-17(25)15-5-6-16(24-23-15)21-10-11-2-1-7-20-9-11/h1-9H,10H2,(H,21,24)(H,22,25). The summed E-state index contributed by atoms with van der Waals surface area (Å²) in [4.78, 5) is 16.0. The van der Waals surface area contributed by atoms with Crippen LogP contribution in [0.1, 0.15) is 16.1 Å². The molecule has 0 aliphatic carbocycles. The molecule has 25 heavy (non-hydrogen) atoms. The first-order chi connectivity index (χ1) is 12.1. The van der Waals surface area contributed by atoms with Crippen LogP contribution in [-0.4, -0.2) is 21.1 Å². The first-order valence-corrected chi connectivity index (χ1v) is 7.35. The van der Waals surface area contributed by atoms with Gasteiger partial charge < -0.3 is 10.6 Å². The Kier molecular flexibility index (Phi) is 4.89. The van der Waals surface area contributed by atoms with Gasteiger partial charge >= 0.3 is 0 Å². The molecule has 1 amide bonds. The predicted octanol–water partition coefficient (Wildman–Crippen LogP) is 3.01. The summed E-state index contributed by atoms with van der Waals surface area (Å²) in [7, 11) is 0. The van der Waals surface area contributed by atoms with Gasteiger partial charge in [0.15, 0.2) is 17.3 Å². The molecule has 126 valence electrons. The summed E-state index contributed by atoms with van der Waals surface area (Å²) in [6.45, 7) is 0.517. The maximum absolute atomic E-state index is 13.1. The largest absolute Gasteiger partial charge is 0.364 e. The van der Waals surface area contributed by atoms with Gasteiger partial charge in [-0.3, -0.25) is 9.78 Å². The molecule has 2 aromatic heterocycles. The van der Waals surface area contributed by atoms with E-state index < -0.39 is 17.5 Å². The number of hydrogen-bond acceptors (Lipinski definition) is 5. The van der Waals surface area contributed by atoms with E-state index in [1.54, 1.807) is 18.5 Å². The number of nitrogens with one attached hydrogen (secondary N) is 2. The van der Waals surface area contributed by atoms with E-state index in [1.807, 2.05) is 12.1 Å². The van der Waals surface area contributed by atoms with Gasteiger partial charge in [0.1, 0.15) is 5.82 Å². The zero-order chi connectivity index (χ0) is 17.6. The highest BCUT2D eigenvalue weighted by Gasteiger charge is 2.10. The molecule has 0 aliphatic heterocycles. The minimum Gasteiger partial charge on any atom is -0.364 e. The van der Waals surface area contributed by atoms with E-state index in [0.717, 1.165) is 17.7 Å². The van der Waals surface area contributed by atoms with Crippen molar-refractivity contribution in [3.8, 4) is 0 Å². The first-order valence-electron chi connectivity index (χ1n) is 7.35. The summed E-state index contributed by atoms with van der Waals surface area (Å²) in [5.41, 5.74) is 1.16. The molecule has 2 heterocycles. The van der Waals surface area contributed by atoms with Gasteiger partial charge in [-0.15, -0.1) is 10.2 Å². The number of anilines is 2. The maximum atomic E-state index is 13.1. The summed E-state index contributed by atoms with van der Waals surface area (Å²) in [6.07, 6.45) is 3.41. The number of aromatic nitrogens is 3. The summed E-state index contributed by atoms with van der Waals surface area (Å²) < 4.78 is 26.0. The number of carbonyl (C=O) groups is 1. The van der Waals surface area contributed by atoms with Crippen molar-refractivity contribution in [1.29, 1.82) is 0 Å². The van der Waals surface area contributed by atoms with Crippen LogP contribution >= 0.6 is 0 Å². The predicted molar refractivity (Wildman–Crippen MR) is 87.9 cm³/mol. The Morgan fingerprint density at radius 1 is 1.04 bits per heavy atom. The highest BCUT2D eigenvalue weighted by molar-refractivity contribution is 6.02. The van der Waals surface area contributed by atoms with Crippen LogP contribution in [0.15, 0.2) is 54.9 Å². The molecule has 0 saturated carbocycles. The van der Waals surface area contributed by atoms with Gasteiger partial charge in [-0.05, 0) is 35.9 Å². The summed E-state index contributed by atoms with van der Waals surface area (Å²) in [5, 5.41) is 13.2. The van der Waals surface area contributed by atoms with Crippen LogP contribution in [0.4, 0.5) is 20.3 Å². The van der Waals surface area contributed by atoms with Gasteiger partial charge in [-0.1, -0.05) is 6.07 Å². The number of carbonyl (C=O) groups excluding carboxylic acids is 1. The lowest BCUT2D eigenvalue weighted by Crippen LogP contribution is -2.15. The fourth-order valence-electron chi connectivity index (χ4n) is 2.01. The van der Waals surface area contributed by atoms with Crippen molar-refractivity contribution < 1.29 is 13.6 Å². The molecule has 0 spiro atoms. The van der Waals surface area contributed by atoms with E-state index in [0.29, 0.717) is 12.4 Å². The monoisotopic (exact) mass is 341 g/mol. The second-order valence-corrected chi connectivity index (χ2v) is 5.10. The minimum absolute atomic E-state index is 0.0525. The van der Waals surface area contributed by atoms with Crippen LogP contribution in [0.25, 0.3) is 0 Å². The van der Waals surface area contributed by atoms with E-state index in [4.69, 9.17) is 0 Å².